The number of aryl methyl sites for hydroxylation is 1. The summed E-state index contributed by atoms with van der Waals surface area (Å²) in [6.45, 7) is 5.10. The van der Waals surface area contributed by atoms with Crippen LogP contribution in [0, 0.1) is 13.8 Å². The maximum atomic E-state index is 6.08. The lowest BCUT2D eigenvalue weighted by molar-refractivity contribution is 0.401. The molecular weight excluding hydrogens is 182 g/mol. The van der Waals surface area contributed by atoms with Crippen LogP contribution in [0.25, 0.3) is 0 Å². The fourth-order valence-electron chi connectivity index (χ4n) is 1.39. The topological polar surface area (TPSA) is 3.24 Å². The fourth-order valence-corrected chi connectivity index (χ4v) is 1.68. The normalized spacial score (nSPS) is 10.9. The number of hydrogen-bond donors (Lipinski definition) is 0. The van der Waals surface area contributed by atoms with Gasteiger partial charge in [-0.25, -0.2) is 0 Å². The standard InChI is InChI=1S/C11H16ClN/c1-8-5-10(7-13(3)4)9(2)11(12)6-8/h5-6H,7H2,1-4H3. The van der Waals surface area contributed by atoms with E-state index in [1.165, 1.54) is 16.7 Å². The van der Waals surface area contributed by atoms with Crippen molar-refractivity contribution >= 4 is 11.6 Å². The van der Waals surface area contributed by atoms with Gasteiger partial charge in [0.25, 0.3) is 0 Å². The molecule has 0 unspecified atom stereocenters. The molecule has 1 aromatic carbocycles. The van der Waals surface area contributed by atoms with Crippen LogP contribution in [0.5, 0.6) is 0 Å². The molecule has 0 aliphatic rings. The molecule has 2 heteroatoms. The molecule has 1 aromatic rings. The first-order valence-electron chi connectivity index (χ1n) is 4.41. The van der Waals surface area contributed by atoms with Crippen molar-refractivity contribution in [1.29, 1.82) is 0 Å². The molecule has 0 atom stereocenters. The molecule has 0 fully saturated rings. The Morgan fingerprint density at radius 2 is 1.85 bits per heavy atom. The van der Waals surface area contributed by atoms with Gasteiger partial charge in [0.1, 0.15) is 0 Å². The van der Waals surface area contributed by atoms with E-state index in [0.717, 1.165) is 11.6 Å². The predicted molar refractivity (Wildman–Crippen MR) is 58.3 cm³/mol. The second-order valence-electron chi connectivity index (χ2n) is 3.77. The van der Waals surface area contributed by atoms with E-state index in [1.807, 2.05) is 6.07 Å². The molecule has 0 saturated carbocycles. The Balaban J connectivity index is 3.05. The SMILES string of the molecule is Cc1cc(Cl)c(C)c(CN(C)C)c1. The smallest absolute Gasteiger partial charge is 0.0441 e. The first-order chi connectivity index (χ1) is 6.00. The van der Waals surface area contributed by atoms with E-state index in [0.29, 0.717) is 0 Å². The van der Waals surface area contributed by atoms with Gasteiger partial charge in [-0.3, -0.25) is 0 Å². The minimum Gasteiger partial charge on any atom is -0.305 e. The van der Waals surface area contributed by atoms with Crippen LogP contribution in [-0.2, 0) is 6.54 Å². The largest absolute Gasteiger partial charge is 0.305 e. The highest BCUT2D eigenvalue weighted by Crippen LogP contribution is 2.21. The molecule has 72 valence electrons. The molecule has 1 nitrogen and oxygen atoms in total. The summed E-state index contributed by atoms with van der Waals surface area (Å²) in [5.41, 5.74) is 3.74. The van der Waals surface area contributed by atoms with Crippen LogP contribution in [-0.4, -0.2) is 19.0 Å². The molecule has 0 radical (unpaired) electrons. The summed E-state index contributed by atoms with van der Waals surface area (Å²) < 4.78 is 0. The fraction of sp³-hybridized carbons (Fsp3) is 0.455. The lowest BCUT2D eigenvalue weighted by atomic mass is 10.1. The van der Waals surface area contributed by atoms with Gasteiger partial charge < -0.3 is 4.90 Å². The molecule has 0 amide bonds. The zero-order chi connectivity index (χ0) is 10.0. The Bertz CT molecular complexity index is 305. The summed E-state index contributed by atoms with van der Waals surface area (Å²) in [5.74, 6) is 0. The van der Waals surface area contributed by atoms with Crippen molar-refractivity contribution in [2.24, 2.45) is 0 Å². The van der Waals surface area contributed by atoms with Gasteiger partial charge in [0.05, 0.1) is 0 Å². The molecule has 0 saturated heterocycles. The third-order valence-electron chi connectivity index (χ3n) is 2.08. The monoisotopic (exact) mass is 197 g/mol. The molecule has 0 aromatic heterocycles. The van der Waals surface area contributed by atoms with Crippen molar-refractivity contribution in [1.82, 2.24) is 4.90 Å². The molecular formula is C11H16ClN. The second kappa shape index (κ2) is 4.12. The van der Waals surface area contributed by atoms with Crippen LogP contribution >= 0.6 is 11.6 Å². The van der Waals surface area contributed by atoms with Gasteiger partial charge in [-0.15, -0.1) is 0 Å². The van der Waals surface area contributed by atoms with E-state index < -0.39 is 0 Å². The quantitative estimate of drug-likeness (QED) is 0.705. The second-order valence-corrected chi connectivity index (χ2v) is 4.18. The van der Waals surface area contributed by atoms with Crippen LogP contribution in [0.3, 0.4) is 0 Å². The van der Waals surface area contributed by atoms with Gasteiger partial charge >= 0.3 is 0 Å². The third kappa shape index (κ3) is 2.71. The molecule has 0 bridgehead atoms. The Morgan fingerprint density at radius 3 is 2.38 bits per heavy atom. The number of nitrogens with zero attached hydrogens (tertiary/aromatic N) is 1. The third-order valence-corrected chi connectivity index (χ3v) is 2.48. The van der Waals surface area contributed by atoms with E-state index in [1.54, 1.807) is 0 Å². The summed E-state index contributed by atoms with van der Waals surface area (Å²) in [6.07, 6.45) is 0. The van der Waals surface area contributed by atoms with Crippen molar-refractivity contribution < 1.29 is 0 Å². The van der Waals surface area contributed by atoms with E-state index in [4.69, 9.17) is 11.6 Å². The molecule has 0 aliphatic heterocycles. The summed E-state index contributed by atoms with van der Waals surface area (Å²) in [5, 5.41) is 0.872. The average Bonchev–Trinajstić information content (AvgIpc) is 1.98. The lowest BCUT2D eigenvalue weighted by Crippen LogP contribution is -2.11. The highest BCUT2D eigenvalue weighted by Gasteiger charge is 2.04. The Morgan fingerprint density at radius 1 is 1.23 bits per heavy atom. The van der Waals surface area contributed by atoms with E-state index in [2.05, 4.69) is 38.9 Å². The van der Waals surface area contributed by atoms with Crippen LogP contribution < -0.4 is 0 Å². The number of rotatable bonds is 2. The van der Waals surface area contributed by atoms with Gasteiger partial charge in [-0.05, 0) is 50.7 Å². The first-order valence-corrected chi connectivity index (χ1v) is 4.79. The Kier molecular flexibility index (Phi) is 3.34. The van der Waals surface area contributed by atoms with Gasteiger partial charge in [0, 0.05) is 11.6 Å². The van der Waals surface area contributed by atoms with Gasteiger partial charge in [0.2, 0.25) is 0 Å². The van der Waals surface area contributed by atoms with Crippen molar-refractivity contribution in [2.75, 3.05) is 14.1 Å². The molecule has 0 heterocycles. The van der Waals surface area contributed by atoms with Crippen LogP contribution in [0.15, 0.2) is 12.1 Å². The van der Waals surface area contributed by atoms with Crippen molar-refractivity contribution in [2.45, 2.75) is 20.4 Å². The maximum Gasteiger partial charge on any atom is 0.0441 e. The molecule has 0 N–H and O–H groups in total. The highest BCUT2D eigenvalue weighted by molar-refractivity contribution is 6.31. The van der Waals surface area contributed by atoms with Crippen LogP contribution in [0.4, 0.5) is 0 Å². The maximum absolute atomic E-state index is 6.08. The first kappa shape index (κ1) is 10.6. The predicted octanol–water partition coefficient (Wildman–Crippen LogP) is 3.02. The van der Waals surface area contributed by atoms with E-state index in [-0.39, 0.29) is 0 Å². The van der Waals surface area contributed by atoms with Crippen molar-refractivity contribution in [3.8, 4) is 0 Å². The summed E-state index contributed by atoms with van der Waals surface area (Å²) in [4.78, 5) is 2.15. The number of halogens is 1. The van der Waals surface area contributed by atoms with Gasteiger partial charge in [-0.2, -0.15) is 0 Å². The summed E-state index contributed by atoms with van der Waals surface area (Å²) in [7, 11) is 4.13. The Hall–Kier alpha value is -0.530. The van der Waals surface area contributed by atoms with Crippen molar-refractivity contribution in [3.05, 3.63) is 33.8 Å². The minimum absolute atomic E-state index is 0.872. The van der Waals surface area contributed by atoms with E-state index in [9.17, 15) is 0 Å². The molecule has 1 rings (SSSR count). The minimum atomic E-state index is 0.872. The van der Waals surface area contributed by atoms with Crippen LogP contribution in [0.2, 0.25) is 5.02 Å². The van der Waals surface area contributed by atoms with Gasteiger partial charge in [0.15, 0.2) is 0 Å². The summed E-state index contributed by atoms with van der Waals surface area (Å²) >= 11 is 6.08. The van der Waals surface area contributed by atoms with E-state index >= 15 is 0 Å². The number of hydrogen-bond acceptors (Lipinski definition) is 1. The zero-order valence-corrected chi connectivity index (χ0v) is 9.44. The lowest BCUT2D eigenvalue weighted by Gasteiger charge is -2.13. The highest BCUT2D eigenvalue weighted by atomic mass is 35.5. The molecule has 13 heavy (non-hydrogen) atoms. The van der Waals surface area contributed by atoms with Crippen LogP contribution in [0.1, 0.15) is 16.7 Å². The zero-order valence-electron chi connectivity index (χ0n) is 8.69. The van der Waals surface area contributed by atoms with Gasteiger partial charge in [-0.1, -0.05) is 17.7 Å². The molecule has 0 spiro atoms. The molecule has 0 aliphatic carbocycles. The number of benzene rings is 1. The average molecular weight is 198 g/mol. The van der Waals surface area contributed by atoms with Crippen molar-refractivity contribution in [3.63, 3.8) is 0 Å². The Labute approximate surface area is 85.3 Å². The summed E-state index contributed by atoms with van der Waals surface area (Å²) in [6, 6.07) is 4.21.